The van der Waals surface area contributed by atoms with Crippen molar-refractivity contribution in [1.29, 1.82) is 0 Å². The van der Waals surface area contributed by atoms with Crippen LogP contribution in [0.3, 0.4) is 0 Å². The van der Waals surface area contributed by atoms with Crippen LogP contribution in [0.15, 0.2) is 30.5 Å². The molecule has 0 saturated carbocycles. The summed E-state index contributed by atoms with van der Waals surface area (Å²) in [5.41, 5.74) is 1.47. The number of carbonyl (C=O) groups excluding carboxylic acids is 2. The van der Waals surface area contributed by atoms with Crippen LogP contribution in [-0.4, -0.2) is 16.7 Å². The molecule has 0 radical (unpaired) electrons. The molecule has 4 nitrogen and oxygen atoms in total. The van der Waals surface area contributed by atoms with Crippen LogP contribution in [0.5, 0.6) is 0 Å². The number of ketones is 1. The van der Waals surface area contributed by atoms with E-state index in [0.29, 0.717) is 16.8 Å². The molecule has 0 fully saturated rings. The number of hydrogen-bond acceptors (Lipinski definition) is 2. The zero-order valence-electron chi connectivity index (χ0n) is 12.5. The summed E-state index contributed by atoms with van der Waals surface area (Å²) in [4.78, 5) is 28.0. The zero-order valence-corrected chi connectivity index (χ0v) is 12.5. The first-order valence-electron chi connectivity index (χ1n) is 7.20. The highest BCUT2D eigenvalue weighted by Crippen LogP contribution is 2.36. The van der Waals surface area contributed by atoms with Gasteiger partial charge >= 0.3 is 0 Å². The molecule has 2 N–H and O–H groups in total. The Kier molecular flexibility index (Phi) is 3.35. The third kappa shape index (κ3) is 2.43. The average molecular weight is 300 g/mol. The fraction of sp³-hybridized carbons (Fsp3) is 0.294. The van der Waals surface area contributed by atoms with E-state index in [9.17, 15) is 14.0 Å². The number of aryl methyl sites for hydroxylation is 1. The van der Waals surface area contributed by atoms with Gasteiger partial charge in [-0.05, 0) is 31.0 Å². The summed E-state index contributed by atoms with van der Waals surface area (Å²) in [5, 5.41) is 2.63. The van der Waals surface area contributed by atoms with Gasteiger partial charge in [0.05, 0.1) is 11.1 Å². The SMILES string of the molecule is CC1(C)CCc2[nH]cc(C(=O)Nc3cccc(F)c3)c2C1=O. The largest absolute Gasteiger partial charge is 0.364 e. The summed E-state index contributed by atoms with van der Waals surface area (Å²) >= 11 is 0. The Hall–Kier alpha value is -2.43. The molecule has 0 aliphatic heterocycles. The van der Waals surface area contributed by atoms with Crippen LogP contribution in [0.25, 0.3) is 0 Å². The van der Waals surface area contributed by atoms with Crippen molar-refractivity contribution in [2.45, 2.75) is 26.7 Å². The van der Waals surface area contributed by atoms with Crippen molar-refractivity contribution in [1.82, 2.24) is 4.98 Å². The number of carbonyl (C=O) groups is 2. The van der Waals surface area contributed by atoms with E-state index in [-0.39, 0.29) is 5.78 Å². The lowest BCUT2D eigenvalue weighted by Gasteiger charge is -2.28. The number of nitrogens with one attached hydrogen (secondary N) is 2. The molecule has 5 heteroatoms. The molecule has 1 aromatic heterocycles. The first-order chi connectivity index (χ1) is 10.4. The normalized spacial score (nSPS) is 16.2. The maximum absolute atomic E-state index is 13.2. The molecular formula is C17H17FN2O2. The number of hydrogen-bond donors (Lipinski definition) is 2. The van der Waals surface area contributed by atoms with Gasteiger partial charge < -0.3 is 10.3 Å². The number of halogens is 1. The topological polar surface area (TPSA) is 62.0 Å². The Bertz CT molecular complexity index is 762. The number of rotatable bonds is 2. The van der Waals surface area contributed by atoms with E-state index < -0.39 is 17.1 Å². The van der Waals surface area contributed by atoms with Gasteiger partial charge in [0.2, 0.25) is 0 Å². The lowest BCUT2D eigenvalue weighted by atomic mass is 9.74. The second kappa shape index (κ2) is 5.09. The fourth-order valence-electron chi connectivity index (χ4n) is 2.76. The number of anilines is 1. The molecule has 1 aromatic carbocycles. The minimum atomic E-state index is -0.469. The Balaban J connectivity index is 1.92. The van der Waals surface area contributed by atoms with Crippen LogP contribution in [0.2, 0.25) is 0 Å². The highest BCUT2D eigenvalue weighted by Gasteiger charge is 2.37. The maximum Gasteiger partial charge on any atom is 0.257 e. The molecule has 0 unspecified atom stereocenters. The van der Waals surface area contributed by atoms with E-state index in [4.69, 9.17) is 0 Å². The van der Waals surface area contributed by atoms with Crippen LogP contribution in [0.1, 0.15) is 46.7 Å². The number of amides is 1. The monoisotopic (exact) mass is 300 g/mol. The number of H-pyrrole nitrogens is 1. The number of benzene rings is 1. The summed E-state index contributed by atoms with van der Waals surface area (Å²) in [6.07, 6.45) is 3.05. The van der Waals surface area contributed by atoms with E-state index in [0.717, 1.165) is 18.5 Å². The second-order valence-corrected chi connectivity index (χ2v) is 6.23. The highest BCUT2D eigenvalue weighted by molar-refractivity contribution is 6.15. The maximum atomic E-state index is 13.2. The molecule has 0 bridgehead atoms. The van der Waals surface area contributed by atoms with Crippen molar-refractivity contribution in [3.05, 3.63) is 53.1 Å². The Morgan fingerprint density at radius 1 is 1.36 bits per heavy atom. The van der Waals surface area contributed by atoms with Crippen molar-refractivity contribution < 1.29 is 14.0 Å². The number of aromatic amines is 1. The van der Waals surface area contributed by atoms with E-state index in [1.54, 1.807) is 12.3 Å². The zero-order chi connectivity index (χ0) is 15.9. The highest BCUT2D eigenvalue weighted by atomic mass is 19.1. The summed E-state index contributed by atoms with van der Waals surface area (Å²) in [6.45, 7) is 3.78. The van der Waals surface area contributed by atoms with Crippen LogP contribution in [-0.2, 0) is 6.42 Å². The Morgan fingerprint density at radius 2 is 2.14 bits per heavy atom. The van der Waals surface area contributed by atoms with E-state index in [2.05, 4.69) is 10.3 Å². The third-order valence-electron chi connectivity index (χ3n) is 4.13. The molecule has 1 aliphatic rings. The van der Waals surface area contributed by atoms with Gasteiger partial charge in [0, 0.05) is 23.0 Å². The van der Waals surface area contributed by atoms with Gasteiger partial charge in [-0.2, -0.15) is 0 Å². The molecule has 114 valence electrons. The lowest BCUT2D eigenvalue weighted by Crippen LogP contribution is -2.31. The molecule has 0 atom stereocenters. The quantitative estimate of drug-likeness (QED) is 0.890. The molecule has 3 rings (SSSR count). The van der Waals surface area contributed by atoms with Crippen LogP contribution in [0, 0.1) is 11.2 Å². The summed E-state index contributed by atoms with van der Waals surface area (Å²) < 4.78 is 13.2. The van der Waals surface area contributed by atoms with Crippen LogP contribution >= 0.6 is 0 Å². The molecule has 0 saturated heterocycles. The van der Waals surface area contributed by atoms with Crippen molar-refractivity contribution >= 4 is 17.4 Å². The Labute approximate surface area is 127 Å². The van der Waals surface area contributed by atoms with E-state index in [1.165, 1.54) is 18.2 Å². The fourth-order valence-corrected chi connectivity index (χ4v) is 2.76. The minimum absolute atomic E-state index is 0.0283. The standard InChI is InChI=1S/C17H17FN2O2/c1-17(2)7-6-13-14(15(17)21)12(9-19-13)16(22)20-11-5-3-4-10(18)8-11/h3-5,8-9,19H,6-7H2,1-2H3,(H,20,22). The van der Waals surface area contributed by atoms with Gasteiger partial charge in [-0.25, -0.2) is 4.39 Å². The van der Waals surface area contributed by atoms with Crippen molar-refractivity contribution in [3.63, 3.8) is 0 Å². The third-order valence-corrected chi connectivity index (χ3v) is 4.13. The smallest absolute Gasteiger partial charge is 0.257 e. The summed E-state index contributed by atoms with van der Waals surface area (Å²) in [6, 6.07) is 5.67. The lowest BCUT2D eigenvalue weighted by molar-refractivity contribution is 0.0805. The van der Waals surface area contributed by atoms with Crippen LogP contribution in [0.4, 0.5) is 10.1 Å². The molecule has 22 heavy (non-hydrogen) atoms. The first-order valence-corrected chi connectivity index (χ1v) is 7.20. The molecule has 1 aliphatic carbocycles. The minimum Gasteiger partial charge on any atom is -0.364 e. The van der Waals surface area contributed by atoms with E-state index in [1.807, 2.05) is 13.8 Å². The van der Waals surface area contributed by atoms with Gasteiger partial charge in [-0.1, -0.05) is 19.9 Å². The van der Waals surface area contributed by atoms with Crippen molar-refractivity contribution in [2.75, 3.05) is 5.32 Å². The molecule has 1 heterocycles. The van der Waals surface area contributed by atoms with E-state index >= 15 is 0 Å². The summed E-state index contributed by atoms with van der Waals surface area (Å²) in [7, 11) is 0. The second-order valence-electron chi connectivity index (χ2n) is 6.23. The number of aromatic nitrogens is 1. The average Bonchev–Trinajstić information content (AvgIpc) is 2.88. The van der Waals surface area contributed by atoms with Gasteiger partial charge in [0.25, 0.3) is 5.91 Å². The van der Waals surface area contributed by atoms with Gasteiger partial charge in [0.1, 0.15) is 5.82 Å². The predicted molar refractivity (Wildman–Crippen MR) is 81.6 cm³/mol. The van der Waals surface area contributed by atoms with Gasteiger partial charge in [-0.3, -0.25) is 9.59 Å². The first kappa shape index (κ1) is 14.5. The van der Waals surface area contributed by atoms with Crippen molar-refractivity contribution in [3.8, 4) is 0 Å². The number of Topliss-reactive ketones (excluding diaryl/α,β-unsaturated/α-hetero) is 1. The van der Waals surface area contributed by atoms with Gasteiger partial charge in [-0.15, -0.1) is 0 Å². The molecular weight excluding hydrogens is 283 g/mol. The number of fused-ring (bicyclic) bond motifs is 1. The van der Waals surface area contributed by atoms with Gasteiger partial charge in [0.15, 0.2) is 5.78 Å². The van der Waals surface area contributed by atoms with Crippen LogP contribution < -0.4 is 5.32 Å². The molecule has 2 aromatic rings. The summed E-state index contributed by atoms with van der Waals surface area (Å²) in [5.74, 6) is -0.861. The van der Waals surface area contributed by atoms with Crippen molar-refractivity contribution in [2.24, 2.45) is 5.41 Å². The molecule has 1 amide bonds. The Morgan fingerprint density at radius 3 is 2.86 bits per heavy atom. The molecule has 0 spiro atoms. The predicted octanol–water partition coefficient (Wildman–Crippen LogP) is 3.56.